The zero-order valence-corrected chi connectivity index (χ0v) is 18.2. The highest BCUT2D eigenvalue weighted by molar-refractivity contribution is 5.71. The summed E-state index contributed by atoms with van der Waals surface area (Å²) in [7, 11) is 1.78. The summed E-state index contributed by atoms with van der Waals surface area (Å²) in [6.07, 6.45) is 5.12. The predicted molar refractivity (Wildman–Crippen MR) is 125 cm³/mol. The van der Waals surface area contributed by atoms with Gasteiger partial charge in [0.25, 0.3) is 0 Å². The first-order valence-electron chi connectivity index (χ1n) is 10.7. The second-order valence-corrected chi connectivity index (χ2v) is 7.99. The largest absolute Gasteiger partial charge is 0.396 e. The van der Waals surface area contributed by atoms with E-state index < -0.39 is 10.7 Å². The monoisotopic (exact) mass is 452 g/mol. The van der Waals surface area contributed by atoms with Gasteiger partial charge >= 0.3 is 5.69 Å². The third-order valence-corrected chi connectivity index (χ3v) is 5.76. The fraction of sp³-hybridized carbons (Fsp3) is 0.304. The molecular formula is C23H25FN6O3. The molecule has 4 rings (SSSR count). The van der Waals surface area contributed by atoms with Gasteiger partial charge in [-0.3, -0.25) is 15.1 Å². The molecule has 1 aromatic carbocycles. The molecule has 1 unspecified atom stereocenters. The summed E-state index contributed by atoms with van der Waals surface area (Å²) in [5.41, 5.74) is 1.35. The number of aliphatic hydroxyl groups is 1. The lowest BCUT2D eigenvalue weighted by molar-refractivity contribution is -0.384. The van der Waals surface area contributed by atoms with E-state index >= 15 is 0 Å². The SMILES string of the molecule is CN(c1cccnc1)c1ccc([N+](=O)[O-])c(Nc2ccc(N3CCCC(CO)C3)c(F)c2)n1. The Morgan fingerprint density at radius 3 is 2.88 bits per heavy atom. The number of aliphatic hydroxyl groups excluding tert-OH is 1. The average Bonchev–Trinajstić information content (AvgIpc) is 2.84. The van der Waals surface area contributed by atoms with Crippen LogP contribution in [0.3, 0.4) is 0 Å². The van der Waals surface area contributed by atoms with Crippen molar-refractivity contribution in [1.29, 1.82) is 0 Å². The lowest BCUT2D eigenvalue weighted by Crippen LogP contribution is -2.37. The third-order valence-electron chi connectivity index (χ3n) is 5.76. The van der Waals surface area contributed by atoms with E-state index in [-0.39, 0.29) is 24.0 Å². The highest BCUT2D eigenvalue weighted by atomic mass is 19.1. The number of pyridine rings is 2. The number of nitro groups is 1. The van der Waals surface area contributed by atoms with Crippen molar-refractivity contribution < 1.29 is 14.4 Å². The van der Waals surface area contributed by atoms with Gasteiger partial charge in [-0.25, -0.2) is 9.37 Å². The number of halogens is 1. The maximum atomic E-state index is 14.9. The lowest BCUT2D eigenvalue weighted by Gasteiger charge is -2.33. The molecule has 1 atom stereocenters. The van der Waals surface area contributed by atoms with Gasteiger partial charge in [0.1, 0.15) is 11.6 Å². The van der Waals surface area contributed by atoms with Crippen LogP contribution in [0.25, 0.3) is 0 Å². The van der Waals surface area contributed by atoms with Crippen molar-refractivity contribution in [2.24, 2.45) is 5.92 Å². The number of nitrogens with one attached hydrogen (secondary N) is 1. The normalized spacial score (nSPS) is 15.8. The molecule has 0 amide bonds. The van der Waals surface area contributed by atoms with E-state index in [9.17, 15) is 19.6 Å². The Morgan fingerprint density at radius 2 is 2.18 bits per heavy atom. The molecular weight excluding hydrogens is 427 g/mol. The van der Waals surface area contributed by atoms with Crippen molar-refractivity contribution in [3.63, 3.8) is 0 Å². The van der Waals surface area contributed by atoms with Gasteiger partial charge in [0, 0.05) is 44.7 Å². The maximum absolute atomic E-state index is 14.9. The zero-order chi connectivity index (χ0) is 23.4. The van der Waals surface area contributed by atoms with Gasteiger partial charge in [-0.1, -0.05) is 0 Å². The molecule has 33 heavy (non-hydrogen) atoms. The van der Waals surface area contributed by atoms with E-state index in [1.165, 1.54) is 12.1 Å². The quantitative estimate of drug-likeness (QED) is 0.405. The van der Waals surface area contributed by atoms with Gasteiger partial charge in [0.05, 0.1) is 22.5 Å². The van der Waals surface area contributed by atoms with Crippen LogP contribution in [-0.4, -0.2) is 46.7 Å². The molecule has 0 aliphatic carbocycles. The highest BCUT2D eigenvalue weighted by Crippen LogP contribution is 2.32. The van der Waals surface area contributed by atoms with Crippen LogP contribution in [0.15, 0.2) is 54.9 Å². The van der Waals surface area contributed by atoms with Crippen molar-refractivity contribution in [1.82, 2.24) is 9.97 Å². The van der Waals surface area contributed by atoms with E-state index in [0.717, 1.165) is 25.1 Å². The first-order chi connectivity index (χ1) is 16.0. The minimum Gasteiger partial charge on any atom is -0.396 e. The van der Waals surface area contributed by atoms with Crippen LogP contribution in [0.2, 0.25) is 0 Å². The van der Waals surface area contributed by atoms with Crippen molar-refractivity contribution in [3.05, 3.63) is 70.8 Å². The van der Waals surface area contributed by atoms with E-state index in [1.54, 1.807) is 48.6 Å². The lowest BCUT2D eigenvalue weighted by atomic mass is 9.98. The molecule has 3 heterocycles. The molecule has 0 bridgehead atoms. The predicted octanol–water partition coefficient (Wildman–Crippen LogP) is 4.24. The summed E-state index contributed by atoms with van der Waals surface area (Å²) in [6, 6.07) is 11.2. The summed E-state index contributed by atoms with van der Waals surface area (Å²) in [6.45, 7) is 1.39. The minimum absolute atomic E-state index is 0.0127. The van der Waals surface area contributed by atoms with Crippen LogP contribution in [0.5, 0.6) is 0 Å². The number of hydrogen-bond donors (Lipinski definition) is 2. The van der Waals surface area contributed by atoms with E-state index in [0.29, 0.717) is 23.7 Å². The average molecular weight is 452 g/mol. The van der Waals surface area contributed by atoms with Crippen LogP contribution in [0.4, 0.5) is 38.8 Å². The number of nitrogens with zero attached hydrogens (tertiary/aromatic N) is 5. The third kappa shape index (κ3) is 5.01. The zero-order valence-electron chi connectivity index (χ0n) is 18.2. The van der Waals surface area contributed by atoms with E-state index in [4.69, 9.17) is 0 Å². The fourth-order valence-electron chi connectivity index (χ4n) is 3.96. The smallest absolute Gasteiger partial charge is 0.311 e. The number of anilines is 5. The van der Waals surface area contributed by atoms with Gasteiger partial charge in [0.2, 0.25) is 5.82 Å². The first kappa shape index (κ1) is 22.4. The van der Waals surface area contributed by atoms with Crippen molar-refractivity contribution in [3.8, 4) is 0 Å². The van der Waals surface area contributed by atoms with Gasteiger partial charge in [-0.05, 0) is 55.2 Å². The molecule has 1 saturated heterocycles. The van der Waals surface area contributed by atoms with Crippen LogP contribution in [-0.2, 0) is 0 Å². The summed E-state index contributed by atoms with van der Waals surface area (Å²) in [4.78, 5) is 23.2. The molecule has 1 aliphatic rings. The Bertz CT molecular complexity index is 1130. The van der Waals surface area contributed by atoms with Gasteiger partial charge in [-0.2, -0.15) is 0 Å². The van der Waals surface area contributed by atoms with Crippen molar-refractivity contribution in [2.45, 2.75) is 12.8 Å². The summed E-state index contributed by atoms with van der Waals surface area (Å²) in [5.74, 6) is 0.169. The Balaban J connectivity index is 1.60. The standard InChI is InChI=1S/C23H25FN6O3/c1-28(18-5-2-10-25-13-18)22-9-8-21(30(32)33)23(27-22)26-17-6-7-20(19(24)12-17)29-11-3-4-16(14-29)15-31/h2,5-10,12-13,16,31H,3-4,11,14-15H2,1H3,(H,26,27). The molecule has 172 valence electrons. The Morgan fingerprint density at radius 1 is 1.33 bits per heavy atom. The van der Waals surface area contributed by atoms with Crippen LogP contribution in [0.1, 0.15) is 12.8 Å². The molecule has 3 aromatic rings. The van der Waals surface area contributed by atoms with E-state index in [2.05, 4.69) is 15.3 Å². The number of aromatic nitrogens is 2. The number of rotatable bonds is 7. The van der Waals surface area contributed by atoms with Crippen LogP contribution in [0, 0.1) is 21.8 Å². The Hall–Kier alpha value is -3.79. The van der Waals surface area contributed by atoms with Crippen LogP contribution < -0.4 is 15.1 Å². The van der Waals surface area contributed by atoms with Crippen molar-refractivity contribution in [2.75, 3.05) is 41.9 Å². The number of hydrogen-bond acceptors (Lipinski definition) is 8. The molecule has 2 N–H and O–H groups in total. The van der Waals surface area contributed by atoms with E-state index in [1.807, 2.05) is 11.0 Å². The number of piperidine rings is 1. The van der Waals surface area contributed by atoms with Crippen molar-refractivity contribution >= 4 is 34.4 Å². The van der Waals surface area contributed by atoms with Gasteiger partial charge < -0.3 is 20.2 Å². The molecule has 9 nitrogen and oxygen atoms in total. The molecule has 2 aromatic heterocycles. The first-order valence-corrected chi connectivity index (χ1v) is 10.7. The summed E-state index contributed by atoms with van der Waals surface area (Å²) < 4.78 is 14.9. The van der Waals surface area contributed by atoms with Gasteiger partial charge in [-0.15, -0.1) is 0 Å². The second-order valence-electron chi connectivity index (χ2n) is 7.99. The minimum atomic E-state index is -0.531. The Kier molecular flexibility index (Phi) is 6.64. The topological polar surface area (TPSA) is 108 Å². The second kappa shape index (κ2) is 9.78. The van der Waals surface area contributed by atoms with Gasteiger partial charge in [0.15, 0.2) is 0 Å². The molecule has 0 radical (unpaired) electrons. The highest BCUT2D eigenvalue weighted by Gasteiger charge is 2.23. The Labute approximate surface area is 190 Å². The maximum Gasteiger partial charge on any atom is 0.311 e. The fourth-order valence-corrected chi connectivity index (χ4v) is 3.96. The molecule has 1 fully saturated rings. The molecule has 0 spiro atoms. The number of benzene rings is 1. The molecule has 0 saturated carbocycles. The molecule has 1 aliphatic heterocycles. The molecule has 10 heteroatoms. The summed E-state index contributed by atoms with van der Waals surface area (Å²) in [5, 5.41) is 23.9. The summed E-state index contributed by atoms with van der Waals surface area (Å²) >= 11 is 0. The van der Waals surface area contributed by atoms with Crippen LogP contribution >= 0.6 is 0 Å².